The van der Waals surface area contributed by atoms with Gasteiger partial charge in [0.15, 0.2) is 6.29 Å². The van der Waals surface area contributed by atoms with Crippen molar-refractivity contribution in [2.45, 2.75) is 57.1 Å². The highest BCUT2D eigenvalue weighted by atomic mass is 16.6. The third-order valence-electron chi connectivity index (χ3n) is 2.37. The summed E-state index contributed by atoms with van der Waals surface area (Å²) < 4.78 is 10.3. The average molecular weight is 236 g/mol. The van der Waals surface area contributed by atoms with E-state index in [2.05, 4.69) is 0 Å². The second-order valence-corrected chi connectivity index (χ2v) is 4.96. The van der Waals surface area contributed by atoms with E-state index in [0.717, 1.165) is 0 Å². The van der Waals surface area contributed by atoms with Gasteiger partial charge in [-0.25, -0.2) is 0 Å². The Morgan fingerprint density at radius 3 is 2.06 bits per heavy atom. The Bertz CT molecular complexity index is 226. The molecule has 1 aliphatic rings. The van der Waals surface area contributed by atoms with Crippen molar-refractivity contribution < 1.29 is 29.9 Å². The van der Waals surface area contributed by atoms with E-state index < -0.39 is 36.3 Å². The molecule has 0 amide bonds. The summed E-state index contributed by atoms with van der Waals surface area (Å²) in [6.45, 7) is 5.54. The van der Waals surface area contributed by atoms with Crippen molar-refractivity contribution in [3.63, 3.8) is 0 Å². The lowest BCUT2D eigenvalue weighted by molar-refractivity contribution is -0.292. The third kappa shape index (κ3) is 3.38. The molecule has 4 N–H and O–H groups in total. The lowest BCUT2D eigenvalue weighted by Crippen LogP contribution is -2.58. The molecule has 1 fully saturated rings. The minimum atomic E-state index is -1.51. The normalized spacial score (nSPS) is 41.1. The maximum atomic E-state index is 9.60. The highest BCUT2D eigenvalue weighted by Gasteiger charge is 2.43. The fourth-order valence-corrected chi connectivity index (χ4v) is 1.40. The first-order chi connectivity index (χ1) is 7.22. The summed E-state index contributed by atoms with van der Waals surface area (Å²) >= 11 is 0. The van der Waals surface area contributed by atoms with Crippen LogP contribution in [-0.4, -0.2) is 63.3 Å². The van der Waals surface area contributed by atoms with Gasteiger partial charge in [0.1, 0.15) is 24.4 Å². The predicted molar refractivity (Wildman–Crippen MR) is 54.6 cm³/mol. The zero-order valence-corrected chi connectivity index (χ0v) is 9.70. The van der Waals surface area contributed by atoms with Crippen molar-refractivity contribution in [1.29, 1.82) is 0 Å². The molecule has 0 saturated carbocycles. The van der Waals surface area contributed by atoms with Gasteiger partial charge in [0.25, 0.3) is 0 Å². The molecule has 0 aromatic heterocycles. The molecule has 5 atom stereocenters. The quantitative estimate of drug-likeness (QED) is 0.471. The van der Waals surface area contributed by atoms with Gasteiger partial charge in [0.05, 0.1) is 12.2 Å². The molecular weight excluding hydrogens is 216 g/mol. The second-order valence-electron chi connectivity index (χ2n) is 4.96. The summed E-state index contributed by atoms with van der Waals surface area (Å²) in [7, 11) is 0. The van der Waals surface area contributed by atoms with Crippen LogP contribution in [0.15, 0.2) is 0 Å². The minimum absolute atomic E-state index is 0.0332. The van der Waals surface area contributed by atoms with Gasteiger partial charge in [0, 0.05) is 0 Å². The number of aliphatic hydroxyl groups is 4. The lowest BCUT2D eigenvalue weighted by Gasteiger charge is -2.39. The largest absolute Gasteiger partial charge is 0.387 e. The van der Waals surface area contributed by atoms with Crippen LogP contribution in [0.3, 0.4) is 0 Å². The molecule has 6 heteroatoms. The van der Waals surface area contributed by atoms with Gasteiger partial charge in [-0.1, -0.05) is 0 Å². The molecule has 16 heavy (non-hydrogen) atoms. The van der Waals surface area contributed by atoms with E-state index in [-0.39, 0.29) is 6.61 Å². The van der Waals surface area contributed by atoms with Crippen LogP contribution in [-0.2, 0) is 9.47 Å². The van der Waals surface area contributed by atoms with Gasteiger partial charge < -0.3 is 29.9 Å². The first kappa shape index (κ1) is 13.8. The molecule has 1 aliphatic heterocycles. The van der Waals surface area contributed by atoms with E-state index >= 15 is 0 Å². The topological polar surface area (TPSA) is 99.4 Å². The van der Waals surface area contributed by atoms with Gasteiger partial charge in [-0.2, -0.15) is 0 Å². The van der Waals surface area contributed by atoms with E-state index in [1.807, 2.05) is 20.8 Å². The van der Waals surface area contributed by atoms with E-state index in [9.17, 15) is 20.4 Å². The lowest BCUT2D eigenvalue weighted by atomic mass is 9.99. The summed E-state index contributed by atoms with van der Waals surface area (Å²) in [6.07, 6.45) is -6.57. The molecular formula is C10H20O6. The molecule has 0 aromatic carbocycles. The third-order valence-corrected chi connectivity index (χ3v) is 2.37. The highest BCUT2D eigenvalue weighted by molar-refractivity contribution is 4.88. The van der Waals surface area contributed by atoms with E-state index in [1.54, 1.807) is 0 Å². The van der Waals surface area contributed by atoms with Crippen molar-refractivity contribution in [3.05, 3.63) is 0 Å². The van der Waals surface area contributed by atoms with Crippen molar-refractivity contribution in [3.8, 4) is 0 Å². The SMILES string of the molecule is CC(C)(C)OCC1OC(O)C(O)[C@@H](O)[C@@H]1O. The maximum absolute atomic E-state index is 9.60. The Labute approximate surface area is 94.4 Å². The van der Waals surface area contributed by atoms with Gasteiger partial charge in [-0.15, -0.1) is 0 Å². The van der Waals surface area contributed by atoms with Crippen LogP contribution in [0.25, 0.3) is 0 Å². The van der Waals surface area contributed by atoms with Crippen LogP contribution >= 0.6 is 0 Å². The van der Waals surface area contributed by atoms with Crippen LogP contribution < -0.4 is 0 Å². The zero-order valence-electron chi connectivity index (χ0n) is 9.70. The Morgan fingerprint density at radius 2 is 1.56 bits per heavy atom. The van der Waals surface area contributed by atoms with Crippen molar-refractivity contribution in [2.75, 3.05) is 6.61 Å². The van der Waals surface area contributed by atoms with Crippen LogP contribution in [0.1, 0.15) is 20.8 Å². The highest BCUT2D eigenvalue weighted by Crippen LogP contribution is 2.21. The van der Waals surface area contributed by atoms with Crippen molar-refractivity contribution in [2.24, 2.45) is 0 Å². The molecule has 0 radical (unpaired) electrons. The van der Waals surface area contributed by atoms with E-state index in [4.69, 9.17) is 9.47 Å². The second kappa shape index (κ2) is 4.95. The number of hydrogen-bond donors (Lipinski definition) is 4. The number of ether oxygens (including phenoxy) is 2. The van der Waals surface area contributed by atoms with Crippen molar-refractivity contribution >= 4 is 0 Å². The van der Waals surface area contributed by atoms with Crippen LogP contribution in [0, 0.1) is 0 Å². The molecule has 1 heterocycles. The van der Waals surface area contributed by atoms with Crippen LogP contribution in [0.5, 0.6) is 0 Å². The summed E-state index contributed by atoms with van der Waals surface area (Å²) in [5, 5.41) is 37.5. The standard InChI is InChI=1S/C10H20O6/c1-10(2,3)15-4-5-6(11)7(12)8(13)9(14)16-5/h5-9,11-14H,4H2,1-3H3/t5?,6-,7+,8?,9?/m1/s1. The summed E-state index contributed by atoms with van der Waals surface area (Å²) in [6, 6.07) is 0. The van der Waals surface area contributed by atoms with Gasteiger partial charge in [-0.3, -0.25) is 0 Å². The molecule has 0 aliphatic carbocycles. The molecule has 3 unspecified atom stereocenters. The first-order valence-electron chi connectivity index (χ1n) is 5.24. The number of aliphatic hydroxyl groups excluding tert-OH is 4. The van der Waals surface area contributed by atoms with Crippen molar-refractivity contribution in [1.82, 2.24) is 0 Å². The van der Waals surface area contributed by atoms with Crippen LogP contribution in [0.4, 0.5) is 0 Å². The molecule has 0 aromatic rings. The van der Waals surface area contributed by atoms with Crippen LogP contribution in [0.2, 0.25) is 0 Å². The van der Waals surface area contributed by atoms with Gasteiger partial charge >= 0.3 is 0 Å². The predicted octanol–water partition coefficient (Wildman–Crippen LogP) is -1.40. The molecule has 96 valence electrons. The fraction of sp³-hybridized carbons (Fsp3) is 1.00. The Kier molecular flexibility index (Phi) is 4.28. The number of rotatable bonds is 2. The Morgan fingerprint density at radius 1 is 1.00 bits per heavy atom. The molecule has 1 rings (SSSR count). The molecule has 0 bridgehead atoms. The van der Waals surface area contributed by atoms with Gasteiger partial charge in [-0.05, 0) is 20.8 Å². The Balaban J connectivity index is 2.54. The average Bonchev–Trinajstić information content (AvgIpc) is 2.17. The van der Waals surface area contributed by atoms with Gasteiger partial charge in [0.2, 0.25) is 0 Å². The summed E-state index contributed by atoms with van der Waals surface area (Å²) in [5.41, 5.74) is -0.408. The minimum Gasteiger partial charge on any atom is -0.387 e. The first-order valence-corrected chi connectivity index (χ1v) is 5.24. The molecule has 6 nitrogen and oxygen atoms in total. The van der Waals surface area contributed by atoms with E-state index in [0.29, 0.717) is 0 Å². The Hall–Kier alpha value is -0.240. The summed E-state index contributed by atoms with van der Waals surface area (Å²) in [4.78, 5) is 0. The fourth-order valence-electron chi connectivity index (χ4n) is 1.40. The monoisotopic (exact) mass is 236 g/mol. The number of hydrogen-bond acceptors (Lipinski definition) is 6. The summed E-state index contributed by atoms with van der Waals surface area (Å²) in [5.74, 6) is 0. The van der Waals surface area contributed by atoms with E-state index in [1.165, 1.54) is 0 Å². The maximum Gasteiger partial charge on any atom is 0.184 e. The smallest absolute Gasteiger partial charge is 0.184 e. The molecule has 1 saturated heterocycles. The molecule has 0 spiro atoms. The zero-order chi connectivity index (χ0) is 12.5.